The van der Waals surface area contributed by atoms with Crippen LogP contribution in [0.3, 0.4) is 0 Å². The van der Waals surface area contributed by atoms with Crippen LogP contribution >= 0.6 is 0 Å². The Morgan fingerprint density at radius 3 is 2.16 bits per heavy atom. The van der Waals surface area contributed by atoms with Crippen molar-refractivity contribution >= 4 is 16.0 Å². The molecule has 0 saturated carbocycles. The van der Waals surface area contributed by atoms with E-state index in [1.807, 2.05) is 0 Å². The summed E-state index contributed by atoms with van der Waals surface area (Å²) in [4.78, 5) is 4.40. The Morgan fingerprint density at radius 2 is 1.55 bits per heavy atom. The number of hydrogen-bond acceptors (Lipinski definition) is 9. The van der Waals surface area contributed by atoms with Crippen molar-refractivity contribution in [1.82, 2.24) is 19.7 Å². The number of pyridine rings is 1. The molecule has 0 saturated heterocycles. The number of rotatable bonds is 10. The molecule has 2 N–H and O–H groups in total. The lowest BCUT2D eigenvalue weighted by molar-refractivity contribution is 0.176. The van der Waals surface area contributed by atoms with Crippen LogP contribution in [0, 0.1) is 5.82 Å². The minimum atomic E-state index is -4.27. The van der Waals surface area contributed by atoms with E-state index >= 15 is 0 Å². The zero-order chi connectivity index (χ0) is 27.4. The minimum Gasteiger partial charge on any atom is -0.494 e. The van der Waals surface area contributed by atoms with Crippen molar-refractivity contribution in [2.24, 2.45) is 0 Å². The van der Waals surface area contributed by atoms with Crippen LogP contribution in [0.4, 0.5) is 10.3 Å². The van der Waals surface area contributed by atoms with Crippen molar-refractivity contribution in [3.05, 3.63) is 72.0 Å². The van der Waals surface area contributed by atoms with Gasteiger partial charge in [0.15, 0.2) is 5.82 Å². The predicted molar refractivity (Wildman–Crippen MR) is 138 cm³/mol. The summed E-state index contributed by atoms with van der Waals surface area (Å²) < 4.78 is 60.2. The van der Waals surface area contributed by atoms with E-state index in [2.05, 4.69) is 19.9 Å². The summed E-state index contributed by atoms with van der Waals surface area (Å²) in [5.41, 5.74) is 0.875. The molecular weight excluding hydrogens is 517 g/mol. The van der Waals surface area contributed by atoms with E-state index < -0.39 is 27.2 Å². The van der Waals surface area contributed by atoms with Crippen LogP contribution in [0.2, 0.25) is 0 Å². The van der Waals surface area contributed by atoms with E-state index in [1.165, 1.54) is 45.0 Å². The van der Waals surface area contributed by atoms with Crippen molar-refractivity contribution in [2.75, 3.05) is 26.1 Å². The molecule has 0 fully saturated rings. The topological polar surface area (TPSA) is 138 Å². The molecule has 0 amide bonds. The van der Waals surface area contributed by atoms with Crippen molar-refractivity contribution < 1.29 is 32.1 Å². The summed E-state index contributed by atoms with van der Waals surface area (Å²) in [5.74, 6) is 0.442. The minimum absolute atomic E-state index is 0.163. The Bertz CT molecular complexity index is 1510. The van der Waals surface area contributed by atoms with Gasteiger partial charge in [0, 0.05) is 6.07 Å². The second-order valence-corrected chi connectivity index (χ2v) is 10.1. The second kappa shape index (κ2) is 11.0. The quantitative estimate of drug-likeness (QED) is 0.308. The highest BCUT2D eigenvalue weighted by Crippen LogP contribution is 2.38. The molecule has 2 atom stereocenters. The van der Waals surface area contributed by atoms with Crippen molar-refractivity contribution in [2.45, 2.75) is 18.3 Å². The fourth-order valence-corrected chi connectivity index (χ4v) is 4.82. The number of nitrogens with one attached hydrogen (secondary N) is 1. The van der Waals surface area contributed by atoms with Gasteiger partial charge in [-0.3, -0.25) is 9.29 Å². The zero-order valence-electron chi connectivity index (χ0n) is 21.0. The lowest BCUT2D eigenvalue weighted by Crippen LogP contribution is -2.32. The van der Waals surface area contributed by atoms with E-state index in [1.54, 1.807) is 36.4 Å². The van der Waals surface area contributed by atoms with Gasteiger partial charge in [-0.2, -0.15) is 0 Å². The lowest BCUT2D eigenvalue weighted by Gasteiger charge is -2.21. The van der Waals surface area contributed by atoms with E-state index in [0.717, 1.165) is 12.1 Å². The highest BCUT2D eigenvalue weighted by molar-refractivity contribution is 7.93. The largest absolute Gasteiger partial charge is 0.494 e. The summed E-state index contributed by atoms with van der Waals surface area (Å²) in [6.07, 6.45) is -1.45. The van der Waals surface area contributed by atoms with E-state index in [-0.39, 0.29) is 17.3 Å². The van der Waals surface area contributed by atoms with Crippen LogP contribution in [0.5, 0.6) is 17.4 Å². The standard InChI is InChI=1S/C25H26FN5O6S/c1-15(23(32)16-11-13-17(26)14-12-16)38(33,34)30-25-29-28-24(18-7-5-10-21(27-18)37-4)31(25)22-19(35-2)8-6-9-20(22)36-3/h5-15,23,32H,1-4H3,(H,29,30)/t15-,23+/m0/s1. The number of aromatic nitrogens is 4. The van der Waals surface area contributed by atoms with Crippen molar-refractivity contribution in [3.63, 3.8) is 0 Å². The highest BCUT2D eigenvalue weighted by atomic mass is 32.2. The van der Waals surface area contributed by atoms with Crippen LogP contribution in [0.15, 0.2) is 60.7 Å². The Balaban J connectivity index is 1.84. The van der Waals surface area contributed by atoms with Gasteiger partial charge in [0.1, 0.15) is 33.9 Å². The van der Waals surface area contributed by atoms with Crippen molar-refractivity contribution in [3.8, 4) is 34.6 Å². The second-order valence-electron chi connectivity index (χ2n) is 8.11. The van der Waals surface area contributed by atoms with Gasteiger partial charge in [0.25, 0.3) is 0 Å². The summed E-state index contributed by atoms with van der Waals surface area (Å²) in [5, 5.41) is 17.7. The number of halogens is 1. The molecule has 4 rings (SSSR count). The van der Waals surface area contributed by atoms with Crippen LogP contribution in [-0.2, 0) is 10.0 Å². The molecule has 11 nitrogen and oxygen atoms in total. The lowest BCUT2D eigenvalue weighted by atomic mass is 10.1. The number of aliphatic hydroxyl groups excluding tert-OH is 1. The van der Waals surface area contributed by atoms with E-state index in [4.69, 9.17) is 14.2 Å². The fourth-order valence-electron chi connectivity index (χ4n) is 3.75. The Kier molecular flexibility index (Phi) is 7.78. The molecule has 0 aliphatic carbocycles. The Hall–Kier alpha value is -4.23. The highest BCUT2D eigenvalue weighted by Gasteiger charge is 2.32. The molecule has 0 aliphatic rings. The van der Waals surface area contributed by atoms with Gasteiger partial charge in [-0.15, -0.1) is 10.2 Å². The molecule has 2 aromatic carbocycles. The average Bonchev–Trinajstić information content (AvgIpc) is 3.34. The molecule has 38 heavy (non-hydrogen) atoms. The molecule has 0 spiro atoms. The number of ether oxygens (including phenoxy) is 3. The maximum absolute atomic E-state index is 13.4. The number of aliphatic hydroxyl groups is 1. The molecule has 2 aromatic heterocycles. The normalized spacial score (nSPS) is 13.0. The third-order valence-electron chi connectivity index (χ3n) is 5.83. The third kappa shape index (κ3) is 5.24. The number of nitrogens with zero attached hydrogens (tertiary/aromatic N) is 4. The molecule has 2 heterocycles. The van der Waals surface area contributed by atoms with Gasteiger partial charge < -0.3 is 19.3 Å². The van der Waals surface area contributed by atoms with Gasteiger partial charge in [0.05, 0.1) is 27.4 Å². The van der Waals surface area contributed by atoms with Gasteiger partial charge >= 0.3 is 0 Å². The van der Waals surface area contributed by atoms with Gasteiger partial charge in [-0.1, -0.05) is 24.3 Å². The molecule has 0 bridgehead atoms. The van der Waals surface area contributed by atoms with Crippen LogP contribution in [-0.4, -0.2) is 59.9 Å². The average molecular weight is 544 g/mol. The first kappa shape index (κ1) is 26.8. The molecule has 0 aliphatic heterocycles. The number of benzene rings is 2. The number of anilines is 1. The summed E-state index contributed by atoms with van der Waals surface area (Å²) >= 11 is 0. The monoisotopic (exact) mass is 543 g/mol. The molecule has 200 valence electrons. The fraction of sp³-hybridized carbons (Fsp3) is 0.240. The molecule has 0 unspecified atom stereocenters. The smallest absolute Gasteiger partial charge is 0.243 e. The van der Waals surface area contributed by atoms with E-state index in [0.29, 0.717) is 28.8 Å². The van der Waals surface area contributed by atoms with Crippen LogP contribution in [0.25, 0.3) is 17.2 Å². The summed E-state index contributed by atoms with van der Waals surface area (Å²) in [6.45, 7) is 1.32. The molecule has 13 heteroatoms. The summed E-state index contributed by atoms with van der Waals surface area (Å²) in [7, 11) is 0.111. The van der Waals surface area contributed by atoms with Crippen molar-refractivity contribution in [1.29, 1.82) is 0 Å². The maximum atomic E-state index is 13.4. The molecule has 0 radical (unpaired) electrons. The zero-order valence-corrected chi connectivity index (χ0v) is 21.8. The molecular formula is C25H26FN5O6S. The van der Waals surface area contributed by atoms with Gasteiger partial charge in [-0.05, 0) is 42.8 Å². The number of para-hydroxylation sites is 1. The van der Waals surface area contributed by atoms with Crippen LogP contribution < -0.4 is 18.9 Å². The van der Waals surface area contributed by atoms with E-state index in [9.17, 15) is 17.9 Å². The Labute approximate surface area is 218 Å². The Morgan fingerprint density at radius 1 is 0.921 bits per heavy atom. The third-order valence-corrected chi connectivity index (χ3v) is 7.53. The first-order valence-electron chi connectivity index (χ1n) is 11.3. The maximum Gasteiger partial charge on any atom is 0.243 e. The molecule has 4 aromatic rings. The number of hydrogen-bond donors (Lipinski definition) is 2. The SMILES string of the molecule is COc1cccc(-c2nnc(NS(=O)(=O)[C@@H](C)[C@@H](O)c3ccc(F)cc3)n2-c2c(OC)cccc2OC)n1. The van der Waals surface area contributed by atoms with Crippen LogP contribution in [0.1, 0.15) is 18.6 Å². The summed E-state index contributed by atoms with van der Waals surface area (Å²) in [6, 6.07) is 15.0. The predicted octanol–water partition coefficient (Wildman–Crippen LogP) is 3.36. The van der Waals surface area contributed by atoms with Gasteiger partial charge in [0.2, 0.25) is 21.9 Å². The first-order chi connectivity index (χ1) is 18.2. The van der Waals surface area contributed by atoms with Gasteiger partial charge in [-0.25, -0.2) is 17.8 Å². The number of sulfonamides is 1. The first-order valence-corrected chi connectivity index (χ1v) is 12.9. The number of methoxy groups -OCH3 is 3.